The molecule has 5 heteroatoms. The highest BCUT2D eigenvalue weighted by Gasteiger charge is 2.20. The minimum atomic E-state index is -0.638. The SMILES string of the molecule is NC(=O)Nc1c(-c2ccncc2F)ccc2c1CCC2. The van der Waals surface area contributed by atoms with E-state index in [1.54, 1.807) is 6.07 Å². The number of carbonyl (C=O) groups is 1. The Balaban J connectivity index is 2.20. The van der Waals surface area contributed by atoms with Crippen LogP contribution in [0.2, 0.25) is 0 Å². The zero-order valence-corrected chi connectivity index (χ0v) is 10.8. The number of nitrogens with one attached hydrogen (secondary N) is 1. The number of hydrogen-bond acceptors (Lipinski definition) is 2. The molecule has 0 radical (unpaired) electrons. The van der Waals surface area contributed by atoms with Crippen LogP contribution >= 0.6 is 0 Å². The lowest BCUT2D eigenvalue weighted by Gasteiger charge is -2.15. The second-order valence-corrected chi connectivity index (χ2v) is 4.82. The number of nitrogens with two attached hydrogens (primary N) is 1. The Morgan fingerprint density at radius 1 is 1.25 bits per heavy atom. The summed E-state index contributed by atoms with van der Waals surface area (Å²) in [5, 5.41) is 2.65. The van der Waals surface area contributed by atoms with Crippen molar-refractivity contribution in [3.05, 3.63) is 47.5 Å². The van der Waals surface area contributed by atoms with E-state index >= 15 is 0 Å². The number of urea groups is 1. The number of amides is 2. The summed E-state index contributed by atoms with van der Waals surface area (Å²) in [6.45, 7) is 0. The lowest BCUT2D eigenvalue weighted by molar-refractivity contribution is 0.259. The van der Waals surface area contributed by atoms with E-state index in [0.29, 0.717) is 16.8 Å². The highest BCUT2D eigenvalue weighted by Crippen LogP contribution is 2.38. The molecule has 1 aromatic heterocycles. The molecule has 1 heterocycles. The Morgan fingerprint density at radius 2 is 2.10 bits per heavy atom. The van der Waals surface area contributed by atoms with Gasteiger partial charge in [0.15, 0.2) is 0 Å². The summed E-state index contributed by atoms with van der Waals surface area (Å²) >= 11 is 0. The van der Waals surface area contributed by atoms with Crippen molar-refractivity contribution in [1.82, 2.24) is 4.98 Å². The van der Waals surface area contributed by atoms with Crippen molar-refractivity contribution >= 4 is 11.7 Å². The lowest BCUT2D eigenvalue weighted by Crippen LogP contribution is -2.21. The molecule has 2 aromatic rings. The van der Waals surface area contributed by atoms with Crippen molar-refractivity contribution in [2.24, 2.45) is 5.73 Å². The van der Waals surface area contributed by atoms with Gasteiger partial charge in [-0.2, -0.15) is 0 Å². The second kappa shape index (κ2) is 4.92. The standard InChI is InChI=1S/C15H14FN3O/c16-13-8-18-7-6-11(13)12-5-4-9-2-1-3-10(9)14(12)19-15(17)20/h4-8H,1-3H2,(H3,17,19,20). The highest BCUT2D eigenvalue weighted by atomic mass is 19.1. The van der Waals surface area contributed by atoms with Crippen molar-refractivity contribution < 1.29 is 9.18 Å². The van der Waals surface area contributed by atoms with Crippen LogP contribution in [0.25, 0.3) is 11.1 Å². The average Bonchev–Trinajstić information content (AvgIpc) is 2.88. The van der Waals surface area contributed by atoms with Crippen LogP contribution in [0, 0.1) is 5.82 Å². The van der Waals surface area contributed by atoms with Gasteiger partial charge in [-0.3, -0.25) is 4.98 Å². The summed E-state index contributed by atoms with van der Waals surface area (Å²) in [7, 11) is 0. The molecule has 0 spiro atoms. The number of rotatable bonds is 2. The van der Waals surface area contributed by atoms with Crippen LogP contribution in [0.15, 0.2) is 30.6 Å². The molecule has 1 aliphatic rings. The summed E-state index contributed by atoms with van der Waals surface area (Å²) in [4.78, 5) is 15.0. The first-order chi connectivity index (χ1) is 9.66. The number of halogens is 1. The van der Waals surface area contributed by atoms with Crippen molar-refractivity contribution in [3.63, 3.8) is 0 Å². The van der Waals surface area contributed by atoms with Crippen LogP contribution in [-0.4, -0.2) is 11.0 Å². The quantitative estimate of drug-likeness (QED) is 0.881. The predicted octanol–water partition coefficient (Wildman–Crippen LogP) is 2.87. The number of benzene rings is 1. The fourth-order valence-electron chi connectivity index (χ4n) is 2.75. The maximum Gasteiger partial charge on any atom is 0.316 e. The minimum absolute atomic E-state index is 0.415. The minimum Gasteiger partial charge on any atom is -0.351 e. The van der Waals surface area contributed by atoms with Gasteiger partial charge in [0, 0.05) is 17.3 Å². The molecule has 2 amide bonds. The van der Waals surface area contributed by atoms with E-state index in [1.165, 1.54) is 11.8 Å². The molecule has 0 atom stereocenters. The van der Waals surface area contributed by atoms with Gasteiger partial charge in [-0.1, -0.05) is 12.1 Å². The highest BCUT2D eigenvalue weighted by molar-refractivity contribution is 5.95. The molecule has 0 saturated heterocycles. The molecule has 3 rings (SSSR count). The first-order valence-electron chi connectivity index (χ1n) is 6.48. The number of aromatic nitrogens is 1. The monoisotopic (exact) mass is 271 g/mol. The van der Waals surface area contributed by atoms with Crippen molar-refractivity contribution in [3.8, 4) is 11.1 Å². The third-order valence-corrected chi connectivity index (χ3v) is 3.59. The zero-order chi connectivity index (χ0) is 14.1. The van der Waals surface area contributed by atoms with Gasteiger partial charge in [-0.15, -0.1) is 0 Å². The normalized spacial score (nSPS) is 13.1. The Hall–Kier alpha value is -2.43. The van der Waals surface area contributed by atoms with Gasteiger partial charge in [0.1, 0.15) is 5.82 Å². The van der Waals surface area contributed by atoms with Crippen LogP contribution in [0.1, 0.15) is 17.5 Å². The number of primary amides is 1. The van der Waals surface area contributed by atoms with E-state index in [2.05, 4.69) is 10.3 Å². The zero-order valence-electron chi connectivity index (χ0n) is 10.8. The van der Waals surface area contributed by atoms with E-state index < -0.39 is 11.8 Å². The first-order valence-corrected chi connectivity index (χ1v) is 6.48. The largest absolute Gasteiger partial charge is 0.351 e. The predicted molar refractivity (Wildman–Crippen MR) is 74.9 cm³/mol. The third kappa shape index (κ3) is 2.11. The van der Waals surface area contributed by atoms with Gasteiger partial charge < -0.3 is 11.1 Å². The fourth-order valence-corrected chi connectivity index (χ4v) is 2.75. The van der Waals surface area contributed by atoms with Crippen LogP contribution < -0.4 is 11.1 Å². The number of hydrogen-bond donors (Lipinski definition) is 2. The summed E-state index contributed by atoms with van der Waals surface area (Å²) in [6.07, 6.45) is 5.56. The van der Waals surface area contributed by atoms with Gasteiger partial charge in [-0.25, -0.2) is 9.18 Å². The van der Waals surface area contributed by atoms with Crippen LogP contribution in [0.5, 0.6) is 0 Å². The molecule has 0 saturated carbocycles. The number of fused-ring (bicyclic) bond motifs is 1. The number of anilines is 1. The second-order valence-electron chi connectivity index (χ2n) is 4.82. The Bertz CT molecular complexity index is 685. The van der Waals surface area contributed by atoms with Gasteiger partial charge in [0.2, 0.25) is 0 Å². The summed E-state index contributed by atoms with van der Waals surface area (Å²) < 4.78 is 13.9. The molecule has 0 aliphatic heterocycles. The Morgan fingerprint density at radius 3 is 2.85 bits per heavy atom. The maximum absolute atomic E-state index is 13.9. The number of aryl methyl sites for hydroxylation is 1. The molecule has 0 fully saturated rings. The molecule has 20 heavy (non-hydrogen) atoms. The molecule has 102 valence electrons. The van der Waals surface area contributed by atoms with Gasteiger partial charge in [0.05, 0.1) is 11.9 Å². The summed E-state index contributed by atoms with van der Waals surface area (Å²) in [5.74, 6) is -0.419. The Labute approximate surface area is 115 Å². The van der Waals surface area contributed by atoms with Crippen LogP contribution in [-0.2, 0) is 12.8 Å². The number of pyridine rings is 1. The van der Waals surface area contributed by atoms with Crippen LogP contribution in [0.3, 0.4) is 0 Å². The Kier molecular flexibility index (Phi) is 3.10. The molecule has 4 nitrogen and oxygen atoms in total. The lowest BCUT2D eigenvalue weighted by atomic mass is 9.97. The molecule has 3 N–H and O–H groups in total. The summed E-state index contributed by atoms with van der Waals surface area (Å²) in [5.41, 5.74) is 9.17. The smallest absolute Gasteiger partial charge is 0.316 e. The average molecular weight is 271 g/mol. The molecule has 1 aliphatic carbocycles. The van der Waals surface area contributed by atoms with E-state index in [4.69, 9.17) is 5.73 Å². The van der Waals surface area contributed by atoms with Gasteiger partial charge >= 0.3 is 6.03 Å². The molecule has 1 aromatic carbocycles. The number of carbonyl (C=O) groups excluding carboxylic acids is 1. The van der Waals surface area contributed by atoms with E-state index in [-0.39, 0.29) is 0 Å². The van der Waals surface area contributed by atoms with Gasteiger partial charge in [0.25, 0.3) is 0 Å². The molecule has 0 bridgehead atoms. The fraction of sp³-hybridized carbons (Fsp3) is 0.200. The molecule has 0 unspecified atom stereocenters. The van der Waals surface area contributed by atoms with E-state index in [9.17, 15) is 9.18 Å². The maximum atomic E-state index is 13.9. The molecular weight excluding hydrogens is 257 g/mol. The first kappa shape index (κ1) is 12.6. The van der Waals surface area contributed by atoms with E-state index in [0.717, 1.165) is 31.0 Å². The topological polar surface area (TPSA) is 68.0 Å². The van der Waals surface area contributed by atoms with Crippen molar-refractivity contribution in [2.75, 3.05) is 5.32 Å². The van der Waals surface area contributed by atoms with Crippen molar-refractivity contribution in [1.29, 1.82) is 0 Å². The van der Waals surface area contributed by atoms with E-state index in [1.807, 2.05) is 12.1 Å². The van der Waals surface area contributed by atoms with Crippen molar-refractivity contribution in [2.45, 2.75) is 19.3 Å². The third-order valence-electron chi connectivity index (χ3n) is 3.59. The molecular formula is C15H14FN3O. The number of nitrogens with zero attached hydrogens (tertiary/aromatic N) is 1. The van der Waals surface area contributed by atoms with Crippen LogP contribution in [0.4, 0.5) is 14.9 Å². The summed E-state index contributed by atoms with van der Waals surface area (Å²) in [6, 6.07) is 4.77. The van der Waals surface area contributed by atoms with Gasteiger partial charge in [-0.05, 0) is 36.5 Å².